The van der Waals surface area contributed by atoms with E-state index < -0.39 is 0 Å². The molecule has 0 N–H and O–H groups in total. The third-order valence-corrected chi connectivity index (χ3v) is 5.70. The molecule has 3 nitrogen and oxygen atoms in total. The summed E-state index contributed by atoms with van der Waals surface area (Å²) >= 11 is 0. The van der Waals surface area contributed by atoms with Crippen LogP contribution in [0, 0.1) is 23.7 Å². The fourth-order valence-electron chi connectivity index (χ4n) is 4.67. The number of fused-ring (bicyclic) bond motifs is 5. The van der Waals surface area contributed by atoms with Crippen LogP contribution >= 0.6 is 0 Å². The Labute approximate surface area is 140 Å². The third kappa shape index (κ3) is 1.72. The minimum Gasteiger partial charge on any atom is -0.274 e. The molecule has 3 heteroatoms. The van der Waals surface area contributed by atoms with Crippen LogP contribution in [0.5, 0.6) is 0 Å². The summed E-state index contributed by atoms with van der Waals surface area (Å²) in [6, 6.07) is 17.6. The number of hydrogen-bond acceptors (Lipinski definition) is 2. The quantitative estimate of drug-likeness (QED) is 0.626. The lowest BCUT2D eigenvalue weighted by Crippen LogP contribution is -2.33. The lowest BCUT2D eigenvalue weighted by Gasteiger charge is -2.20. The SMILES string of the molecule is O=C1C2C3C=CC(C3)C2C(=O)N1c1ccccc1-c1ccccc1. The largest absolute Gasteiger partial charge is 0.274 e. The summed E-state index contributed by atoms with van der Waals surface area (Å²) in [4.78, 5) is 27.5. The minimum absolute atomic E-state index is 0.0229. The second-order valence-corrected chi connectivity index (χ2v) is 6.89. The lowest BCUT2D eigenvalue weighted by atomic mass is 9.85. The average molecular weight is 315 g/mol. The number of nitrogens with zero attached hydrogens (tertiary/aromatic N) is 1. The van der Waals surface area contributed by atoms with E-state index in [0.29, 0.717) is 5.69 Å². The van der Waals surface area contributed by atoms with Gasteiger partial charge in [-0.25, -0.2) is 4.90 Å². The van der Waals surface area contributed by atoms with Crippen molar-refractivity contribution < 1.29 is 9.59 Å². The molecule has 0 aromatic heterocycles. The van der Waals surface area contributed by atoms with Gasteiger partial charge < -0.3 is 0 Å². The van der Waals surface area contributed by atoms with Gasteiger partial charge in [0.05, 0.1) is 17.5 Å². The highest BCUT2D eigenvalue weighted by Gasteiger charge is 2.59. The number of rotatable bonds is 2. The second kappa shape index (κ2) is 4.91. The Balaban J connectivity index is 1.61. The Morgan fingerprint density at radius 2 is 1.33 bits per heavy atom. The van der Waals surface area contributed by atoms with Crippen LogP contribution in [0.15, 0.2) is 66.7 Å². The molecule has 3 aliphatic rings. The van der Waals surface area contributed by atoms with Gasteiger partial charge >= 0.3 is 0 Å². The van der Waals surface area contributed by atoms with Crippen molar-refractivity contribution in [2.24, 2.45) is 23.7 Å². The van der Waals surface area contributed by atoms with Crippen molar-refractivity contribution in [3.8, 4) is 11.1 Å². The maximum atomic E-state index is 13.0. The molecular weight excluding hydrogens is 298 g/mol. The topological polar surface area (TPSA) is 37.4 Å². The third-order valence-electron chi connectivity index (χ3n) is 5.70. The second-order valence-electron chi connectivity index (χ2n) is 6.89. The summed E-state index contributed by atoms with van der Waals surface area (Å²) in [7, 11) is 0. The Morgan fingerprint density at radius 1 is 0.750 bits per heavy atom. The number of amides is 2. The number of benzene rings is 2. The van der Waals surface area contributed by atoms with Gasteiger partial charge in [0.2, 0.25) is 11.8 Å². The van der Waals surface area contributed by atoms with Crippen LogP contribution in [0.25, 0.3) is 11.1 Å². The predicted octanol–water partition coefficient (Wildman–Crippen LogP) is 3.67. The number of carbonyl (C=O) groups is 2. The van der Waals surface area contributed by atoms with Crippen molar-refractivity contribution in [1.82, 2.24) is 0 Å². The summed E-state index contributed by atoms with van der Waals surface area (Å²) in [6.07, 6.45) is 5.22. The van der Waals surface area contributed by atoms with E-state index in [1.165, 1.54) is 4.90 Å². The molecule has 2 fully saturated rings. The fourth-order valence-corrected chi connectivity index (χ4v) is 4.67. The highest BCUT2D eigenvalue weighted by molar-refractivity contribution is 6.24. The summed E-state index contributed by atoms with van der Waals surface area (Å²) in [6.45, 7) is 0. The van der Waals surface area contributed by atoms with Crippen molar-refractivity contribution in [1.29, 1.82) is 0 Å². The van der Waals surface area contributed by atoms with Crippen LogP contribution in [-0.4, -0.2) is 11.8 Å². The van der Waals surface area contributed by atoms with Gasteiger partial charge in [-0.2, -0.15) is 0 Å². The number of para-hydroxylation sites is 1. The first-order valence-corrected chi connectivity index (χ1v) is 8.46. The molecule has 2 aromatic carbocycles. The lowest BCUT2D eigenvalue weighted by molar-refractivity contribution is -0.123. The molecular formula is C21H17NO2. The Morgan fingerprint density at radius 3 is 2.00 bits per heavy atom. The molecule has 5 rings (SSSR count). The molecule has 1 heterocycles. The van der Waals surface area contributed by atoms with Gasteiger partial charge in [-0.15, -0.1) is 0 Å². The molecule has 2 amide bonds. The Hall–Kier alpha value is -2.68. The molecule has 1 aliphatic heterocycles. The first kappa shape index (κ1) is 13.7. The first-order chi connectivity index (χ1) is 11.8. The number of carbonyl (C=O) groups excluding carboxylic acids is 2. The standard InChI is InChI=1S/C21H17NO2/c23-20-18-14-10-11-15(12-14)19(18)21(24)22(20)17-9-5-4-8-16(17)13-6-2-1-3-7-13/h1-11,14-15,18-19H,12H2. The summed E-state index contributed by atoms with van der Waals surface area (Å²) in [5, 5.41) is 0. The summed E-state index contributed by atoms with van der Waals surface area (Å²) < 4.78 is 0. The summed E-state index contributed by atoms with van der Waals surface area (Å²) in [5.74, 6) is 0.124. The van der Waals surface area contributed by atoms with Crippen molar-refractivity contribution >= 4 is 17.5 Å². The zero-order valence-electron chi connectivity index (χ0n) is 13.1. The van der Waals surface area contributed by atoms with E-state index in [-0.39, 0.29) is 35.5 Å². The number of imide groups is 1. The van der Waals surface area contributed by atoms with E-state index in [1.54, 1.807) is 0 Å². The van der Waals surface area contributed by atoms with E-state index in [2.05, 4.69) is 12.2 Å². The highest BCUT2D eigenvalue weighted by atomic mass is 16.2. The molecule has 2 bridgehead atoms. The van der Waals surface area contributed by atoms with Crippen LogP contribution in [0.1, 0.15) is 6.42 Å². The maximum Gasteiger partial charge on any atom is 0.238 e. The van der Waals surface area contributed by atoms with Gasteiger partial charge in [0, 0.05) is 5.56 Å². The Bertz CT molecular complexity index is 840. The van der Waals surface area contributed by atoms with Gasteiger partial charge in [-0.05, 0) is 29.9 Å². The smallest absolute Gasteiger partial charge is 0.238 e. The maximum absolute atomic E-state index is 13.0. The molecule has 0 radical (unpaired) electrons. The predicted molar refractivity (Wildman–Crippen MR) is 92.1 cm³/mol. The fraction of sp³-hybridized carbons (Fsp3) is 0.238. The van der Waals surface area contributed by atoms with Crippen molar-refractivity contribution in [3.05, 3.63) is 66.7 Å². The molecule has 0 spiro atoms. The van der Waals surface area contributed by atoms with Crippen LogP contribution in [0.4, 0.5) is 5.69 Å². The zero-order valence-corrected chi connectivity index (χ0v) is 13.1. The normalized spacial score (nSPS) is 30.2. The van der Waals surface area contributed by atoms with Gasteiger partial charge in [0.1, 0.15) is 0 Å². The molecule has 4 unspecified atom stereocenters. The van der Waals surface area contributed by atoms with Crippen LogP contribution in [-0.2, 0) is 9.59 Å². The minimum atomic E-state index is -0.156. The van der Waals surface area contributed by atoms with Gasteiger partial charge in [-0.1, -0.05) is 60.7 Å². The highest BCUT2D eigenvalue weighted by Crippen LogP contribution is 2.53. The molecule has 4 atom stereocenters. The number of allylic oxidation sites excluding steroid dienone is 2. The van der Waals surface area contributed by atoms with Crippen LogP contribution in [0.2, 0.25) is 0 Å². The van der Waals surface area contributed by atoms with Crippen LogP contribution in [0.3, 0.4) is 0 Å². The zero-order chi connectivity index (χ0) is 16.3. The monoisotopic (exact) mass is 315 g/mol. The molecule has 2 aliphatic carbocycles. The molecule has 118 valence electrons. The van der Waals surface area contributed by atoms with E-state index >= 15 is 0 Å². The van der Waals surface area contributed by atoms with E-state index in [0.717, 1.165) is 17.5 Å². The Kier molecular flexibility index (Phi) is 2.81. The van der Waals surface area contributed by atoms with E-state index in [4.69, 9.17) is 0 Å². The first-order valence-electron chi connectivity index (χ1n) is 8.46. The number of anilines is 1. The van der Waals surface area contributed by atoms with Crippen molar-refractivity contribution in [2.45, 2.75) is 6.42 Å². The van der Waals surface area contributed by atoms with E-state index in [9.17, 15) is 9.59 Å². The molecule has 1 saturated carbocycles. The average Bonchev–Trinajstić information content (AvgIpc) is 3.30. The summed E-state index contributed by atoms with van der Waals surface area (Å²) in [5.41, 5.74) is 2.67. The number of hydrogen-bond donors (Lipinski definition) is 0. The van der Waals surface area contributed by atoms with Crippen LogP contribution < -0.4 is 4.90 Å². The van der Waals surface area contributed by atoms with Crippen molar-refractivity contribution in [2.75, 3.05) is 4.90 Å². The van der Waals surface area contributed by atoms with Crippen molar-refractivity contribution in [3.63, 3.8) is 0 Å². The molecule has 2 aromatic rings. The van der Waals surface area contributed by atoms with Gasteiger partial charge in [0.15, 0.2) is 0 Å². The molecule has 24 heavy (non-hydrogen) atoms. The molecule has 1 saturated heterocycles. The van der Waals surface area contributed by atoms with Gasteiger partial charge in [-0.3, -0.25) is 9.59 Å². The van der Waals surface area contributed by atoms with Gasteiger partial charge in [0.25, 0.3) is 0 Å². The van der Waals surface area contributed by atoms with E-state index in [1.807, 2.05) is 54.6 Å².